The van der Waals surface area contributed by atoms with Crippen LogP contribution in [0.3, 0.4) is 0 Å². The molecular weight excluding hydrogens is 434 g/mol. The third-order valence-corrected chi connectivity index (χ3v) is 0. The summed E-state index contributed by atoms with van der Waals surface area (Å²) in [6.45, 7) is 0. The van der Waals surface area contributed by atoms with Crippen LogP contribution in [0.4, 0.5) is 0 Å². The summed E-state index contributed by atoms with van der Waals surface area (Å²) in [5, 5.41) is 95.5. The van der Waals surface area contributed by atoms with Gasteiger partial charge in [-0.3, -0.25) is 0 Å². The molecule has 0 spiro atoms. The van der Waals surface area contributed by atoms with Crippen LogP contribution in [0.15, 0.2) is 0 Å². The molecule has 0 saturated heterocycles. The molecule has 168 valence electrons. The molecule has 0 atom stereocenters. The monoisotopic (exact) mass is 441 g/mol. The summed E-state index contributed by atoms with van der Waals surface area (Å²) in [7, 11) is 0. The standard InChI is InChI=1S/7HNO3/c7*2-1(3)4/h7*(H,2,3,4). The fourth-order valence-electron chi connectivity index (χ4n) is 0. The van der Waals surface area contributed by atoms with Gasteiger partial charge in [-0.1, -0.05) is 0 Å². The van der Waals surface area contributed by atoms with Crippen molar-refractivity contribution in [3.63, 3.8) is 0 Å². The van der Waals surface area contributed by atoms with Crippen molar-refractivity contribution in [2.24, 2.45) is 0 Å². The van der Waals surface area contributed by atoms with Gasteiger partial charge in [0.15, 0.2) is 0 Å². The topological polar surface area (TPSA) is 444 Å². The number of hydrogen-bond donors (Lipinski definition) is 7. The van der Waals surface area contributed by atoms with Gasteiger partial charge in [0.1, 0.15) is 0 Å². The highest BCUT2D eigenvalue weighted by Gasteiger charge is 1.67. The van der Waals surface area contributed by atoms with E-state index in [1.54, 1.807) is 0 Å². The molecule has 0 unspecified atom stereocenters. The summed E-state index contributed by atoms with van der Waals surface area (Å²) >= 11 is 0. The number of rotatable bonds is 0. The molecule has 0 bridgehead atoms. The lowest BCUT2D eigenvalue weighted by molar-refractivity contribution is -0.742. The van der Waals surface area contributed by atoms with Gasteiger partial charge in [0.25, 0.3) is 35.6 Å². The summed E-state index contributed by atoms with van der Waals surface area (Å²) in [5.41, 5.74) is 0. The average molecular weight is 441 g/mol. The van der Waals surface area contributed by atoms with E-state index in [0.717, 1.165) is 0 Å². The Hall–Kier alpha value is -5.60. The maximum atomic E-state index is 8.36. The third kappa shape index (κ3) is 245. The SMILES string of the molecule is O=[N+]([O-])O.O=[N+]([O-])O.O=[N+]([O-])O.O=[N+]([O-])O.O=[N+]([O-])O.O=[N+]([O-])O.O=[N+]([O-])O. The van der Waals surface area contributed by atoms with E-state index < -0.39 is 35.6 Å². The van der Waals surface area contributed by atoms with Gasteiger partial charge in [-0.05, 0) is 0 Å². The van der Waals surface area contributed by atoms with Crippen LogP contribution in [-0.2, 0) is 0 Å². The van der Waals surface area contributed by atoms with Crippen molar-refractivity contribution >= 4 is 0 Å². The second-order valence-electron chi connectivity index (χ2n) is 1.66. The Balaban J connectivity index is -0.0000000367. The predicted molar refractivity (Wildman–Crippen MR) is 61.5 cm³/mol. The van der Waals surface area contributed by atoms with Gasteiger partial charge in [-0.2, -0.15) is 0 Å². The maximum absolute atomic E-state index is 8.36. The van der Waals surface area contributed by atoms with E-state index in [9.17, 15) is 0 Å². The van der Waals surface area contributed by atoms with E-state index >= 15 is 0 Å². The van der Waals surface area contributed by atoms with Gasteiger partial charge in [0.05, 0.1) is 0 Å². The van der Waals surface area contributed by atoms with Crippen LogP contribution in [-0.4, -0.2) is 72.1 Å². The normalized spacial score (nSPS) is 6.00. The van der Waals surface area contributed by atoms with Crippen LogP contribution in [0.1, 0.15) is 0 Å². The van der Waals surface area contributed by atoms with Crippen molar-refractivity contribution in [3.05, 3.63) is 70.8 Å². The first kappa shape index (κ1) is 43.3. The van der Waals surface area contributed by atoms with Crippen molar-refractivity contribution in [3.8, 4) is 0 Å². The Labute approximate surface area is 144 Å². The van der Waals surface area contributed by atoms with E-state index in [4.69, 9.17) is 107 Å². The lowest BCUT2D eigenvalue weighted by atomic mass is 13.1. The Bertz CT molecular complexity index is 302. The molecule has 0 aliphatic heterocycles. The van der Waals surface area contributed by atoms with Crippen molar-refractivity contribution in [2.75, 3.05) is 0 Å². The second kappa shape index (κ2) is 37.6. The first-order valence-corrected chi connectivity index (χ1v) is 3.96. The van der Waals surface area contributed by atoms with Gasteiger partial charge >= 0.3 is 0 Å². The average Bonchev–Trinajstić information content (AvgIpc) is 2.20. The largest absolute Gasteiger partial charge is 0.328 e. The summed E-state index contributed by atoms with van der Waals surface area (Å²) in [6.07, 6.45) is 0. The molecule has 0 aromatic carbocycles. The van der Waals surface area contributed by atoms with Gasteiger partial charge in [0, 0.05) is 0 Å². The molecule has 0 saturated carbocycles. The van der Waals surface area contributed by atoms with E-state index in [1.807, 2.05) is 0 Å². The van der Waals surface area contributed by atoms with Crippen LogP contribution in [0.25, 0.3) is 0 Å². The Morgan fingerprint density at radius 2 is 0.286 bits per heavy atom. The molecule has 0 aromatic rings. The molecule has 0 fully saturated rings. The highest BCUT2D eigenvalue weighted by Crippen LogP contribution is 1.40. The molecule has 0 aliphatic carbocycles. The minimum atomic E-state index is -1.50. The Morgan fingerprint density at radius 1 is 0.286 bits per heavy atom. The van der Waals surface area contributed by atoms with Gasteiger partial charge < -0.3 is 36.5 Å². The highest BCUT2D eigenvalue weighted by molar-refractivity contribution is 3.85. The maximum Gasteiger partial charge on any atom is 0.291 e. The fraction of sp³-hybridized carbons (Fsp3) is 0. The zero-order chi connectivity index (χ0) is 25.0. The quantitative estimate of drug-likeness (QED) is 0.151. The Kier molecular flexibility index (Phi) is 58.0. The van der Waals surface area contributed by atoms with E-state index in [-0.39, 0.29) is 0 Å². The smallest absolute Gasteiger partial charge is 0.291 e. The molecule has 0 aliphatic rings. The Morgan fingerprint density at radius 3 is 0.286 bits per heavy atom. The number of nitrogens with zero attached hydrogens (tertiary/aromatic N) is 7. The minimum Gasteiger partial charge on any atom is -0.328 e. The zero-order valence-electron chi connectivity index (χ0n) is 12.0. The van der Waals surface area contributed by atoms with Crippen LogP contribution in [0.5, 0.6) is 0 Å². The molecular formula is H7N7O21. The lowest BCUT2D eigenvalue weighted by Crippen LogP contribution is -1.81. The van der Waals surface area contributed by atoms with E-state index in [1.165, 1.54) is 0 Å². The van der Waals surface area contributed by atoms with Crippen LogP contribution in [0, 0.1) is 70.8 Å². The van der Waals surface area contributed by atoms with Gasteiger partial charge in [-0.15, -0.1) is 70.8 Å². The summed E-state index contributed by atoms with van der Waals surface area (Å²) < 4.78 is 0. The summed E-state index contributed by atoms with van der Waals surface area (Å²) in [4.78, 5) is 58.5. The molecule has 0 heterocycles. The van der Waals surface area contributed by atoms with Crippen LogP contribution >= 0.6 is 0 Å². The first-order chi connectivity index (χ1) is 12.1. The van der Waals surface area contributed by atoms with Crippen LogP contribution in [0.2, 0.25) is 0 Å². The fourth-order valence-corrected chi connectivity index (χ4v) is 0. The molecule has 0 amide bonds. The van der Waals surface area contributed by atoms with Crippen molar-refractivity contribution in [2.45, 2.75) is 0 Å². The van der Waals surface area contributed by atoms with Gasteiger partial charge in [0.2, 0.25) is 0 Å². The minimum absolute atomic E-state index is 1.50. The van der Waals surface area contributed by atoms with Crippen molar-refractivity contribution in [1.82, 2.24) is 0 Å². The number of hydrogen-bond acceptors (Lipinski definition) is 14. The van der Waals surface area contributed by atoms with E-state index in [0.29, 0.717) is 0 Å². The predicted octanol–water partition coefficient (Wildman–Crippen LogP) is -2.43. The second-order valence-corrected chi connectivity index (χ2v) is 1.66. The van der Waals surface area contributed by atoms with Crippen molar-refractivity contribution in [1.29, 1.82) is 0 Å². The summed E-state index contributed by atoms with van der Waals surface area (Å²) in [6, 6.07) is 0. The molecule has 28 heteroatoms. The lowest BCUT2D eigenvalue weighted by Gasteiger charge is -1.56. The zero-order valence-corrected chi connectivity index (χ0v) is 12.0. The molecule has 0 rings (SSSR count). The molecule has 0 aromatic heterocycles. The van der Waals surface area contributed by atoms with Gasteiger partial charge in [-0.25, -0.2) is 0 Å². The molecule has 28 heavy (non-hydrogen) atoms. The molecule has 28 nitrogen and oxygen atoms in total. The highest BCUT2D eigenvalue weighted by atomic mass is 16.9. The van der Waals surface area contributed by atoms with Crippen molar-refractivity contribution < 1.29 is 72.1 Å². The third-order valence-electron chi connectivity index (χ3n) is 0. The van der Waals surface area contributed by atoms with E-state index in [2.05, 4.69) is 0 Å². The van der Waals surface area contributed by atoms with Crippen LogP contribution < -0.4 is 0 Å². The molecule has 0 radical (unpaired) electrons. The summed E-state index contributed by atoms with van der Waals surface area (Å²) in [5.74, 6) is 0. The molecule has 7 N–H and O–H groups in total. The first-order valence-electron chi connectivity index (χ1n) is 3.96.